The Labute approximate surface area is 176 Å². The minimum absolute atomic E-state index is 0.264. The molecule has 0 bridgehead atoms. The first-order valence-corrected chi connectivity index (χ1v) is 10.2. The van der Waals surface area contributed by atoms with E-state index in [9.17, 15) is 4.79 Å². The van der Waals surface area contributed by atoms with E-state index in [1.165, 1.54) is 5.56 Å². The van der Waals surface area contributed by atoms with E-state index in [0.717, 1.165) is 30.6 Å². The minimum atomic E-state index is -0.266. The molecule has 1 N–H and O–H groups in total. The molecule has 30 heavy (non-hydrogen) atoms. The highest BCUT2D eigenvalue weighted by Crippen LogP contribution is 2.39. The normalized spacial score (nSPS) is 14.1. The van der Waals surface area contributed by atoms with Gasteiger partial charge in [0.2, 0.25) is 5.27 Å². The number of benzene rings is 2. The van der Waals surface area contributed by atoms with Gasteiger partial charge in [0.15, 0.2) is 0 Å². The summed E-state index contributed by atoms with van der Waals surface area (Å²) in [5.41, 5.74) is 3.17. The molecule has 0 aliphatic carbocycles. The number of hydrogen-bond acceptors (Lipinski definition) is 5. The van der Waals surface area contributed by atoms with Crippen LogP contribution in [-0.4, -0.2) is 24.8 Å². The molecule has 0 atom stereocenters. The monoisotopic (exact) mass is 407 g/mol. The van der Waals surface area contributed by atoms with Gasteiger partial charge >= 0.3 is 11.6 Å². The van der Waals surface area contributed by atoms with Gasteiger partial charge in [0.1, 0.15) is 11.3 Å². The summed E-state index contributed by atoms with van der Waals surface area (Å²) in [6, 6.07) is 15.1. The summed E-state index contributed by atoms with van der Waals surface area (Å²) in [5.74, 6) is 0.766. The lowest BCUT2D eigenvalue weighted by Crippen LogP contribution is -2.69. The van der Waals surface area contributed by atoms with Crippen molar-refractivity contribution in [2.75, 3.05) is 24.0 Å². The molecular weight excluding hydrogens is 380 g/mol. The predicted octanol–water partition coefficient (Wildman–Crippen LogP) is 3.88. The standard InChI is InChI=1S/C23H26N4O3/c1-5-6-15-26-23(2,3)19-10-8-7-9-18(19)20-22(30-25-27(20)26)24-21(28)16-11-13-17(29-4)14-12-16/h7-14H,5-6,15H2,1-4H3/p+1. The van der Waals surface area contributed by atoms with Crippen LogP contribution in [0.3, 0.4) is 0 Å². The van der Waals surface area contributed by atoms with Crippen molar-refractivity contribution in [1.82, 2.24) is 5.27 Å². The summed E-state index contributed by atoms with van der Waals surface area (Å²) >= 11 is 0. The van der Waals surface area contributed by atoms with E-state index in [0.29, 0.717) is 17.2 Å². The molecule has 1 aliphatic rings. The first kappa shape index (κ1) is 19.9. The highest BCUT2D eigenvalue weighted by Gasteiger charge is 2.48. The van der Waals surface area contributed by atoms with Gasteiger partial charge in [0.25, 0.3) is 5.91 Å². The maximum Gasteiger partial charge on any atom is 0.339 e. The molecule has 2 aromatic carbocycles. The molecule has 1 aliphatic heterocycles. The Balaban J connectivity index is 1.73. The van der Waals surface area contributed by atoms with Crippen LogP contribution >= 0.6 is 0 Å². The number of ether oxygens (including phenoxy) is 1. The number of nitrogens with zero attached hydrogens (tertiary/aromatic N) is 3. The van der Waals surface area contributed by atoms with Crippen molar-refractivity contribution in [3.05, 3.63) is 59.7 Å². The number of hydrogen-bond donors (Lipinski definition) is 1. The van der Waals surface area contributed by atoms with Crippen molar-refractivity contribution in [1.29, 1.82) is 0 Å². The summed E-state index contributed by atoms with van der Waals surface area (Å²) in [6.45, 7) is 7.36. The number of carbonyl (C=O) groups is 1. The van der Waals surface area contributed by atoms with Crippen molar-refractivity contribution < 1.29 is 18.8 Å². The third kappa shape index (κ3) is 3.30. The molecule has 156 valence electrons. The fourth-order valence-electron chi connectivity index (χ4n) is 3.93. The molecule has 7 heteroatoms. The lowest BCUT2D eigenvalue weighted by atomic mass is 9.86. The first-order valence-electron chi connectivity index (χ1n) is 10.2. The van der Waals surface area contributed by atoms with Gasteiger partial charge < -0.3 is 4.74 Å². The Hall–Kier alpha value is -3.35. The predicted molar refractivity (Wildman–Crippen MR) is 114 cm³/mol. The lowest BCUT2D eigenvalue weighted by Gasteiger charge is -2.36. The average molecular weight is 407 g/mol. The lowest BCUT2D eigenvalue weighted by molar-refractivity contribution is -0.759. The number of carbonyl (C=O) groups excluding carboxylic acids is 1. The van der Waals surface area contributed by atoms with Crippen LogP contribution in [0.25, 0.3) is 11.3 Å². The van der Waals surface area contributed by atoms with E-state index >= 15 is 0 Å². The Morgan fingerprint density at radius 1 is 1.20 bits per heavy atom. The van der Waals surface area contributed by atoms with Crippen LogP contribution in [0.5, 0.6) is 5.75 Å². The molecule has 1 aromatic heterocycles. The maximum absolute atomic E-state index is 12.8. The Morgan fingerprint density at radius 3 is 2.63 bits per heavy atom. The number of amides is 1. The Morgan fingerprint density at radius 2 is 1.93 bits per heavy atom. The second-order valence-corrected chi connectivity index (χ2v) is 7.90. The van der Waals surface area contributed by atoms with Crippen molar-refractivity contribution in [3.8, 4) is 17.0 Å². The quantitative estimate of drug-likeness (QED) is 0.628. The first-order chi connectivity index (χ1) is 14.5. The van der Waals surface area contributed by atoms with E-state index in [1.807, 2.05) is 18.2 Å². The zero-order valence-corrected chi connectivity index (χ0v) is 17.8. The van der Waals surface area contributed by atoms with E-state index in [1.54, 1.807) is 36.2 Å². The second kappa shape index (κ2) is 7.82. The van der Waals surface area contributed by atoms with Crippen molar-refractivity contribution in [2.45, 2.75) is 39.2 Å². The minimum Gasteiger partial charge on any atom is -0.497 e. The molecule has 1 amide bonds. The van der Waals surface area contributed by atoms with Crippen LogP contribution < -0.4 is 19.9 Å². The van der Waals surface area contributed by atoms with E-state index in [-0.39, 0.29) is 11.4 Å². The number of nitrogens with one attached hydrogen (secondary N) is 1. The van der Waals surface area contributed by atoms with Crippen molar-refractivity contribution in [2.24, 2.45) is 0 Å². The molecule has 7 nitrogen and oxygen atoms in total. The molecule has 2 heterocycles. The van der Waals surface area contributed by atoms with Crippen LogP contribution in [0.1, 0.15) is 49.5 Å². The Kier molecular flexibility index (Phi) is 5.20. The van der Waals surface area contributed by atoms with Gasteiger partial charge in [0, 0.05) is 5.56 Å². The zero-order chi connectivity index (χ0) is 21.3. The summed E-state index contributed by atoms with van der Waals surface area (Å²) in [5, 5.41) is 9.38. The van der Waals surface area contributed by atoms with Crippen LogP contribution in [0.4, 0.5) is 5.88 Å². The highest BCUT2D eigenvalue weighted by atomic mass is 16.5. The number of anilines is 1. The van der Waals surface area contributed by atoms with Crippen LogP contribution in [0.15, 0.2) is 53.1 Å². The summed E-state index contributed by atoms with van der Waals surface area (Å²) in [6.07, 6.45) is 2.10. The zero-order valence-electron chi connectivity index (χ0n) is 17.8. The molecule has 0 saturated heterocycles. The number of aromatic nitrogens is 2. The fourth-order valence-corrected chi connectivity index (χ4v) is 3.93. The molecule has 0 spiro atoms. The fraction of sp³-hybridized carbons (Fsp3) is 0.348. The van der Waals surface area contributed by atoms with Gasteiger partial charge in [-0.25, -0.2) is 0 Å². The van der Waals surface area contributed by atoms with Gasteiger partial charge in [-0.15, -0.1) is 5.01 Å². The highest BCUT2D eigenvalue weighted by molar-refractivity contribution is 6.04. The summed E-state index contributed by atoms with van der Waals surface area (Å²) in [4.78, 5) is 14.6. The van der Waals surface area contributed by atoms with E-state index < -0.39 is 0 Å². The number of fused-ring (bicyclic) bond motifs is 3. The largest absolute Gasteiger partial charge is 0.497 e. The molecule has 3 aromatic rings. The smallest absolute Gasteiger partial charge is 0.339 e. The molecular formula is C23H27N4O3+. The molecule has 4 rings (SSSR count). The molecule has 0 radical (unpaired) electrons. The topological polar surface area (TPSA) is 71.5 Å². The van der Waals surface area contributed by atoms with Gasteiger partial charge in [-0.3, -0.25) is 14.6 Å². The van der Waals surface area contributed by atoms with E-state index in [2.05, 4.69) is 42.4 Å². The average Bonchev–Trinajstić information content (AvgIpc) is 3.16. The van der Waals surface area contributed by atoms with E-state index in [4.69, 9.17) is 9.26 Å². The SMILES string of the molecule is CCCCN1[n+]2noc(NC(=O)c3ccc(OC)cc3)c2-c2ccccc2C1(C)C. The third-order valence-corrected chi connectivity index (χ3v) is 5.64. The van der Waals surface area contributed by atoms with Crippen LogP contribution in [0.2, 0.25) is 0 Å². The number of unbranched alkanes of at least 4 members (excludes halogenated alkanes) is 1. The Bertz CT molecular complexity index is 1060. The molecule has 0 saturated carbocycles. The molecule has 0 fully saturated rings. The van der Waals surface area contributed by atoms with Crippen molar-refractivity contribution >= 4 is 11.8 Å². The third-order valence-electron chi connectivity index (χ3n) is 5.64. The van der Waals surface area contributed by atoms with Gasteiger partial charge in [-0.1, -0.05) is 31.5 Å². The molecule has 0 unspecified atom stereocenters. The van der Waals surface area contributed by atoms with Crippen LogP contribution in [-0.2, 0) is 5.54 Å². The van der Waals surface area contributed by atoms with Gasteiger partial charge in [0.05, 0.1) is 24.0 Å². The van der Waals surface area contributed by atoms with Crippen molar-refractivity contribution in [3.63, 3.8) is 0 Å². The van der Waals surface area contributed by atoms with Crippen LogP contribution in [0, 0.1) is 0 Å². The maximum atomic E-state index is 12.8. The summed E-state index contributed by atoms with van der Waals surface area (Å²) < 4.78 is 10.8. The number of rotatable bonds is 6. The second-order valence-electron chi connectivity index (χ2n) is 7.90. The van der Waals surface area contributed by atoms with Gasteiger partial charge in [-0.05, 0) is 56.2 Å². The number of methoxy groups -OCH3 is 1. The van der Waals surface area contributed by atoms with Gasteiger partial charge in [-0.2, -0.15) is 0 Å². The summed E-state index contributed by atoms with van der Waals surface area (Å²) in [7, 11) is 1.59.